The standard InChI is InChI=1S/C18H25FN2O4S/c1-3-21(17-9-11-26(24,25)13-17)18(23)12-20(14(2)22)10-8-15-4-6-16(19)7-5-15/h4-7,17H,3,8-13H2,1-2H3. The fraction of sp³-hybridized carbons (Fsp3) is 0.556. The minimum absolute atomic E-state index is 0.0117. The van der Waals surface area contributed by atoms with E-state index in [9.17, 15) is 22.4 Å². The summed E-state index contributed by atoms with van der Waals surface area (Å²) in [6.45, 7) is 3.87. The van der Waals surface area contributed by atoms with E-state index in [1.54, 1.807) is 24.0 Å². The number of carbonyl (C=O) groups excluding carboxylic acids is 2. The summed E-state index contributed by atoms with van der Waals surface area (Å²) in [5, 5.41) is 0. The summed E-state index contributed by atoms with van der Waals surface area (Å²) in [5.41, 5.74) is 0.874. The van der Waals surface area contributed by atoms with Crippen LogP contribution in [0.3, 0.4) is 0 Å². The van der Waals surface area contributed by atoms with Crippen molar-refractivity contribution in [1.82, 2.24) is 9.80 Å². The van der Waals surface area contributed by atoms with E-state index in [0.29, 0.717) is 25.9 Å². The average Bonchev–Trinajstić information content (AvgIpc) is 2.93. The van der Waals surface area contributed by atoms with Crippen LogP contribution in [-0.2, 0) is 25.8 Å². The van der Waals surface area contributed by atoms with Gasteiger partial charge in [0.25, 0.3) is 0 Å². The number of carbonyl (C=O) groups is 2. The minimum Gasteiger partial charge on any atom is -0.337 e. The van der Waals surface area contributed by atoms with Gasteiger partial charge in [0.15, 0.2) is 9.84 Å². The number of sulfone groups is 1. The maximum absolute atomic E-state index is 13.0. The van der Waals surface area contributed by atoms with E-state index < -0.39 is 9.84 Å². The van der Waals surface area contributed by atoms with Crippen LogP contribution in [0.15, 0.2) is 24.3 Å². The van der Waals surface area contributed by atoms with Gasteiger partial charge in [0.05, 0.1) is 18.1 Å². The van der Waals surface area contributed by atoms with E-state index >= 15 is 0 Å². The number of likely N-dealkylation sites (N-methyl/N-ethyl adjacent to an activating group) is 1. The Kier molecular flexibility index (Phi) is 6.75. The van der Waals surface area contributed by atoms with Gasteiger partial charge >= 0.3 is 0 Å². The molecule has 1 heterocycles. The largest absolute Gasteiger partial charge is 0.337 e. The monoisotopic (exact) mass is 384 g/mol. The van der Waals surface area contributed by atoms with Gasteiger partial charge in [0, 0.05) is 26.1 Å². The Morgan fingerprint density at radius 2 is 1.88 bits per heavy atom. The van der Waals surface area contributed by atoms with E-state index in [2.05, 4.69) is 0 Å². The Morgan fingerprint density at radius 1 is 1.23 bits per heavy atom. The van der Waals surface area contributed by atoms with Crippen molar-refractivity contribution < 1.29 is 22.4 Å². The molecule has 0 aliphatic carbocycles. The first-order valence-electron chi connectivity index (χ1n) is 8.71. The lowest BCUT2D eigenvalue weighted by Gasteiger charge is -2.30. The average molecular weight is 384 g/mol. The molecule has 0 saturated carbocycles. The zero-order chi connectivity index (χ0) is 19.3. The second-order valence-electron chi connectivity index (χ2n) is 6.55. The van der Waals surface area contributed by atoms with Crippen LogP contribution in [0.25, 0.3) is 0 Å². The summed E-state index contributed by atoms with van der Waals surface area (Å²) < 4.78 is 36.3. The van der Waals surface area contributed by atoms with Gasteiger partial charge < -0.3 is 9.80 Å². The smallest absolute Gasteiger partial charge is 0.242 e. The number of halogens is 1. The van der Waals surface area contributed by atoms with E-state index in [1.807, 2.05) is 0 Å². The first-order valence-corrected chi connectivity index (χ1v) is 10.5. The molecule has 1 unspecified atom stereocenters. The van der Waals surface area contributed by atoms with Crippen LogP contribution in [-0.4, -0.2) is 67.2 Å². The van der Waals surface area contributed by atoms with Crippen molar-refractivity contribution in [3.63, 3.8) is 0 Å². The Morgan fingerprint density at radius 3 is 2.38 bits per heavy atom. The normalized spacial score (nSPS) is 18.5. The summed E-state index contributed by atoms with van der Waals surface area (Å²) in [4.78, 5) is 27.5. The highest BCUT2D eigenvalue weighted by molar-refractivity contribution is 7.91. The first-order chi connectivity index (χ1) is 12.2. The highest BCUT2D eigenvalue weighted by Crippen LogP contribution is 2.18. The zero-order valence-electron chi connectivity index (χ0n) is 15.2. The summed E-state index contributed by atoms with van der Waals surface area (Å²) >= 11 is 0. The zero-order valence-corrected chi connectivity index (χ0v) is 16.0. The molecule has 2 rings (SSSR count). The number of hydrogen-bond donors (Lipinski definition) is 0. The van der Waals surface area contributed by atoms with Gasteiger partial charge in [-0.15, -0.1) is 0 Å². The maximum Gasteiger partial charge on any atom is 0.242 e. The van der Waals surface area contributed by atoms with Crippen LogP contribution in [0.2, 0.25) is 0 Å². The van der Waals surface area contributed by atoms with Crippen LogP contribution in [0.5, 0.6) is 0 Å². The van der Waals surface area contributed by atoms with E-state index in [4.69, 9.17) is 0 Å². The molecule has 1 aliphatic heterocycles. The van der Waals surface area contributed by atoms with Crippen LogP contribution < -0.4 is 0 Å². The molecule has 1 fully saturated rings. The van der Waals surface area contributed by atoms with Crippen LogP contribution in [0, 0.1) is 5.82 Å². The van der Waals surface area contributed by atoms with Gasteiger partial charge in [0.1, 0.15) is 5.82 Å². The van der Waals surface area contributed by atoms with Crippen molar-refractivity contribution in [2.24, 2.45) is 0 Å². The van der Waals surface area contributed by atoms with Crippen molar-refractivity contribution in [1.29, 1.82) is 0 Å². The molecule has 144 valence electrons. The van der Waals surface area contributed by atoms with E-state index in [0.717, 1.165) is 5.56 Å². The molecule has 26 heavy (non-hydrogen) atoms. The van der Waals surface area contributed by atoms with Gasteiger partial charge in [0.2, 0.25) is 11.8 Å². The molecule has 8 heteroatoms. The number of rotatable bonds is 7. The van der Waals surface area contributed by atoms with Crippen LogP contribution in [0.1, 0.15) is 25.8 Å². The Labute approximate surface area is 153 Å². The maximum atomic E-state index is 13.0. The molecule has 2 amide bonds. The molecule has 0 aromatic heterocycles. The molecule has 0 spiro atoms. The fourth-order valence-electron chi connectivity index (χ4n) is 3.18. The van der Waals surface area contributed by atoms with E-state index in [-0.39, 0.29) is 41.7 Å². The van der Waals surface area contributed by atoms with Gasteiger partial charge in [-0.05, 0) is 37.5 Å². The first kappa shape index (κ1) is 20.4. The van der Waals surface area contributed by atoms with Crippen molar-refractivity contribution in [2.45, 2.75) is 32.7 Å². The minimum atomic E-state index is -3.08. The molecule has 1 aromatic rings. The lowest BCUT2D eigenvalue weighted by Crippen LogP contribution is -2.47. The fourth-order valence-corrected chi connectivity index (χ4v) is 4.91. The molecule has 0 bridgehead atoms. The third kappa shape index (κ3) is 5.52. The SMILES string of the molecule is CCN(C(=O)CN(CCc1ccc(F)cc1)C(C)=O)C1CCS(=O)(=O)C1. The molecule has 0 N–H and O–H groups in total. The van der Waals surface area contributed by atoms with Gasteiger partial charge in [-0.2, -0.15) is 0 Å². The van der Waals surface area contributed by atoms with E-state index in [1.165, 1.54) is 24.0 Å². The highest BCUT2D eigenvalue weighted by atomic mass is 32.2. The Bertz CT molecular complexity index is 749. The predicted molar refractivity (Wildman–Crippen MR) is 96.8 cm³/mol. The number of hydrogen-bond acceptors (Lipinski definition) is 4. The quantitative estimate of drug-likeness (QED) is 0.709. The second kappa shape index (κ2) is 8.62. The van der Waals surface area contributed by atoms with Gasteiger partial charge in [-0.1, -0.05) is 12.1 Å². The summed E-state index contributed by atoms with van der Waals surface area (Å²) in [7, 11) is -3.08. The number of benzene rings is 1. The number of amides is 2. The molecule has 1 aromatic carbocycles. The molecule has 6 nitrogen and oxygen atoms in total. The molecule has 1 atom stereocenters. The molecular formula is C18H25FN2O4S. The third-order valence-electron chi connectivity index (χ3n) is 4.67. The number of nitrogens with zero attached hydrogens (tertiary/aromatic N) is 2. The lowest BCUT2D eigenvalue weighted by molar-refractivity contribution is -0.140. The molecule has 1 saturated heterocycles. The van der Waals surface area contributed by atoms with Crippen LogP contribution >= 0.6 is 0 Å². The third-order valence-corrected chi connectivity index (χ3v) is 6.42. The van der Waals surface area contributed by atoms with Crippen molar-refractivity contribution >= 4 is 21.7 Å². The lowest BCUT2D eigenvalue weighted by atomic mass is 10.1. The Hall–Kier alpha value is -1.96. The molecule has 1 aliphatic rings. The molecular weight excluding hydrogens is 359 g/mol. The topological polar surface area (TPSA) is 74.8 Å². The van der Waals surface area contributed by atoms with Crippen molar-refractivity contribution in [2.75, 3.05) is 31.1 Å². The van der Waals surface area contributed by atoms with Crippen molar-refractivity contribution in [3.8, 4) is 0 Å². The van der Waals surface area contributed by atoms with Gasteiger partial charge in [-0.3, -0.25) is 9.59 Å². The highest BCUT2D eigenvalue weighted by Gasteiger charge is 2.34. The predicted octanol–water partition coefficient (Wildman–Crippen LogP) is 1.25. The summed E-state index contributed by atoms with van der Waals surface area (Å²) in [6.07, 6.45) is 0.953. The summed E-state index contributed by atoms with van der Waals surface area (Å²) in [5.74, 6) is -0.707. The second-order valence-corrected chi connectivity index (χ2v) is 8.78. The van der Waals surface area contributed by atoms with Gasteiger partial charge in [-0.25, -0.2) is 12.8 Å². The summed E-state index contributed by atoms with van der Waals surface area (Å²) in [6, 6.07) is 5.70. The van der Waals surface area contributed by atoms with Crippen LogP contribution in [0.4, 0.5) is 4.39 Å². The Balaban J connectivity index is 1.97. The van der Waals surface area contributed by atoms with Crippen molar-refractivity contribution in [3.05, 3.63) is 35.6 Å². The molecule has 0 radical (unpaired) electrons.